The second-order valence-corrected chi connectivity index (χ2v) is 7.54. The van der Waals surface area contributed by atoms with Gasteiger partial charge >= 0.3 is 0 Å². The van der Waals surface area contributed by atoms with Crippen molar-refractivity contribution in [2.75, 3.05) is 0 Å². The first-order valence-corrected chi connectivity index (χ1v) is 10.3. The molecule has 0 saturated carbocycles. The fourth-order valence-electron chi connectivity index (χ4n) is 4.36. The molecule has 1 aliphatic carbocycles. The quantitative estimate of drug-likeness (QED) is 0.442. The van der Waals surface area contributed by atoms with Gasteiger partial charge < -0.3 is 0 Å². The number of unbranched alkanes of at least 4 members (excludes halogenated alkanes) is 2. The average molecular weight is 345 g/mol. The zero-order valence-corrected chi connectivity index (χ0v) is 16.3. The van der Waals surface area contributed by atoms with Gasteiger partial charge in [0, 0.05) is 11.3 Å². The maximum absolute atomic E-state index is 2.55. The Morgan fingerprint density at radius 2 is 1.35 bits per heavy atom. The topological polar surface area (TPSA) is 0 Å². The average Bonchev–Trinajstić information content (AvgIpc) is 3.18. The SMILES string of the molecule is CCCCC1=CC(C(CCCC)(c2ccccc2)c2ccccc2)C=C1. The van der Waals surface area contributed by atoms with Crippen LogP contribution in [0.15, 0.2) is 84.5 Å². The molecule has 1 aliphatic rings. The standard InChI is InChI=1S/C26H32/c1-3-5-13-22-18-19-25(21-22)26(20-6-4-2,23-14-9-7-10-15-23)24-16-11-8-12-17-24/h7-12,14-19,21,25H,3-6,13,20H2,1-2H3. The van der Waals surface area contributed by atoms with Crippen LogP contribution < -0.4 is 0 Å². The molecule has 3 rings (SSSR count). The van der Waals surface area contributed by atoms with Gasteiger partial charge in [-0.15, -0.1) is 0 Å². The van der Waals surface area contributed by atoms with Crippen LogP contribution in [0.25, 0.3) is 0 Å². The maximum Gasteiger partial charge on any atom is 0.0300 e. The molecule has 0 saturated heterocycles. The van der Waals surface area contributed by atoms with Gasteiger partial charge in [0.25, 0.3) is 0 Å². The predicted octanol–water partition coefficient (Wildman–Crippen LogP) is 7.47. The van der Waals surface area contributed by atoms with Gasteiger partial charge in [0.05, 0.1) is 0 Å². The molecule has 0 bridgehead atoms. The first kappa shape index (κ1) is 18.7. The molecule has 1 unspecified atom stereocenters. The molecule has 1 atom stereocenters. The number of hydrogen-bond acceptors (Lipinski definition) is 0. The van der Waals surface area contributed by atoms with Gasteiger partial charge in [0.2, 0.25) is 0 Å². The smallest absolute Gasteiger partial charge is 0.0300 e. The highest BCUT2D eigenvalue weighted by molar-refractivity contribution is 5.46. The summed E-state index contributed by atoms with van der Waals surface area (Å²) in [6, 6.07) is 22.3. The molecule has 0 nitrogen and oxygen atoms in total. The summed E-state index contributed by atoms with van der Waals surface area (Å²) in [6.07, 6.45) is 14.8. The summed E-state index contributed by atoms with van der Waals surface area (Å²) in [4.78, 5) is 0. The van der Waals surface area contributed by atoms with Crippen LogP contribution in [0.2, 0.25) is 0 Å². The van der Waals surface area contributed by atoms with Crippen molar-refractivity contribution in [2.45, 2.75) is 57.8 Å². The fraction of sp³-hybridized carbons (Fsp3) is 0.385. The van der Waals surface area contributed by atoms with Gasteiger partial charge in [-0.2, -0.15) is 0 Å². The van der Waals surface area contributed by atoms with Crippen LogP contribution >= 0.6 is 0 Å². The third kappa shape index (κ3) is 3.85. The summed E-state index contributed by atoms with van der Waals surface area (Å²) >= 11 is 0. The Kier molecular flexibility index (Phi) is 6.50. The van der Waals surface area contributed by atoms with Crippen molar-refractivity contribution >= 4 is 0 Å². The van der Waals surface area contributed by atoms with Crippen LogP contribution in [-0.4, -0.2) is 0 Å². The van der Waals surface area contributed by atoms with Crippen molar-refractivity contribution in [3.8, 4) is 0 Å². The predicted molar refractivity (Wildman–Crippen MR) is 113 cm³/mol. The van der Waals surface area contributed by atoms with Gasteiger partial charge in [-0.1, -0.05) is 118 Å². The molecule has 0 fully saturated rings. The molecule has 0 N–H and O–H groups in total. The summed E-state index contributed by atoms with van der Waals surface area (Å²) in [5, 5.41) is 0. The zero-order valence-electron chi connectivity index (χ0n) is 16.3. The normalized spacial score (nSPS) is 16.7. The molecular formula is C26H32. The van der Waals surface area contributed by atoms with Crippen LogP contribution in [0.1, 0.15) is 63.5 Å². The van der Waals surface area contributed by atoms with Crippen molar-refractivity contribution in [1.29, 1.82) is 0 Å². The van der Waals surface area contributed by atoms with Crippen LogP contribution in [0, 0.1) is 5.92 Å². The third-order valence-corrected chi connectivity index (χ3v) is 5.80. The summed E-state index contributed by atoms with van der Waals surface area (Å²) in [6.45, 7) is 4.57. The van der Waals surface area contributed by atoms with E-state index >= 15 is 0 Å². The van der Waals surface area contributed by atoms with Gasteiger partial charge in [-0.05, 0) is 30.4 Å². The lowest BCUT2D eigenvalue weighted by atomic mass is 9.63. The first-order valence-electron chi connectivity index (χ1n) is 10.3. The minimum Gasteiger partial charge on any atom is -0.0761 e. The van der Waals surface area contributed by atoms with E-state index in [1.54, 1.807) is 0 Å². The largest absolute Gasteiger partial charge is 0.0761 e. The van der Waals surface area contributed by atoms with E-state index in [4.69, 9.17) is 0 Å². The van der Waals surface area contributed by atoms with Crippen LogP contribution in [-0.2, 0) is 5.41 Å². The van der Waals surface area contributed by atoms with E-state index in [2.05, 4.69) is 92.7 Å². The first-order chi connectivity index (χ1) is 12.8. The van der Waals surface area contributed by atoms with E-state index in [1.165, 1.54) is 55.2 Å². The number of allylic oxidation sites excluding steroid dienone is 4. The molecule has 2 aromatic rings. The second kappa shape index (κ2) is 9.03. The minimum atomic E-state index is 0.0307. The second-order valence-electron chi connectivity index (χ2n) is 7.54. The molecule has 0 aliphatic heterocycles. The monoisotopic (exact) mass is 344 g/mol. The highest BCUT2D eigenvalue weighted by Crippen LogP contribution is 2.47. The molecule has 0 heterocycles. The molecule has 26 heavy (non-hydrogen) atoms. The number of rotatable bonds is 9. The summed E-state index contributed by atoms with van der Waals surface area (Å²) in [5.74, 6) is 0.436. The van der Waals surface area contributed by atoms with E-state index in [0.29, 0.717) is 5.92 Å². The van der Waals surface area contributed by atoms with E-state index in [9.17, 15) is 0 Å². The van der Waals surface area contributed by atoms with Gasteiger partial charge in [-0.25, -0.2) is 0 Å². The molecule has 0 amide bonds. The molecule has 0 spiro atoms. The Balaban J connectivity index is 2.09. The molecule has 2 aromatic carbocycles. The van der Waals surface area contributed by atoms with Crippen molar-refractivity contribution < 1.29 is 0 Å². The Hall–Kier alpha value is -2.08. The van der Waals surface area contributed by atoms with E-state index < -0.39 is 0 Å². The lowest BCUT2D eigenvalue weighted by molar-refractivity contribution is 0.393. The van der Waals surface area contributed by atoms with Crippen molar-refractivity contribution in [1.82, 2.24) is 0 Å². The highest BCUT2D eigenvalue weighted by atomic mass is 14.4. The summed E-state index contributed by atoms with van der Waals surface area (Å²) < 4.78 is 0. The Bertz CT molecular complexity index is 682. The third-order valence-electron chi connectivity index (χ3n) is 5.80. The van der Waals surface area contributed by atoms with E-state index in [0.717, 1.165) is 0 Å². The lowest BCUT2D eigenvalue weighted by Gasteiger charge is -2.39. The van der Waals surface area contributed by atoms with Crippen molar-refractivity contribution in [2.24, 2.45) is 5.92 Å². The Morgan fingerprint density at radius 1 is 0.769 bits per heavy atom. The molecule has 0 aromatic heterocycles. The summed E-state index contributed by atoms with van der Waals surface area (Å²) in [5.41, 5.74) is 4.44. The van der Waals surface area contributed by atoms with Gasteiger partial charge in [0.1, 0.15) is 0 Å². The molecular weight excluding hydrogens is 312 g/mol. The van der Waals surface area contributed by atoms with Crippen LogP contribution in [0.5, 0.6) is 0 Å². The zero-order chi connectivity index (χ0) is 18.2. The lowest BCUT2D eigenvalue weighted by Crippen LogP contribution is -2.34. The van der Waals surface area contributed by atoms with E-state index in [1.807, 2.05) is 0 Å². The van der Waals surface area contributed by atoms with E-state index in [-0.39, 0.29) is 5.41 Å². The van der Waals surface area contributed by atoms with Gasteiger partial charge in [-0.3, -0.25) is 0 Å². The molecule has 0 heteroatoms. The van der Waals surface area contributed by atoms with Crippen LogP contribution in [0.4, 0.5) is 0 Å². The minimum absolute atomic E-state index is 0.0307. The van der Waals surface area contributed by atoms with Crippen LogP contribution in [0.3, 0.4) is 0 Å². The number of hydrogen-bond donors (Lipinski definition) is 0. The van der Waals surface area contributed by atoms with Gasteiger partial charge in [0.15, 0.2) is 0 Å². The molecule has 136 valence electrons. The summed E-state index contributed by atoms with van der Waals surface area (Å²) in [7, 11) is 0. The highest BCUT2D eigenvalue weighted by Gasteiger charge is 2.40. The molecule has 0 radical (unpaired) electrons. The maximum atomic E-state index is 2.55. The number of benzene rings is 2. The van der Waals surface area contributed by atoms with Crippen molar-refractivity contribution in [3.05, 3.63) is 95.6 Å². The Morgan fingerprint density at radius 3 is 1.88 bits per heavy atom. The van der Waals surface area contributed by atoms with Crippen molar-refractivity contribution in [3.63, 3.8) is 0 Å². The fourth-order valence-corrected chi connectivity index (χ4v) is 4.36. The Labute approximate surface area is 159 Å².